The Morgan fingerprint density at radius 1 is 1.35 bits per heavy atom. The highest BCUT2D eigenvalue weighted by Gasteiger charge is 2.25. The Labute approximate surface area is 150 Å². The Hall–Kier alpha value is -3.09. The number of fused-ring (bicyclic) bond motifs is 1. The molecule has 0 radical (unpaired) electrons. The fourth-order valence-corrected chi connectivity index (χ4v) is 3.26. The van der Waals surface area contributed by atoms with Gasteiger partial charge in [0.2, 0.25) is 11.7 Å². The van der Waals surface area contributed by atoms with Gasteiger partial charge in [0.25, 0.3) is 5.91 Å². The molecule has 0 fully saturated rings. The van der Waals surface area contributed by atoms with E-state index in [2.05, 4.69) is 31.7 Å². The summed E-state index contributed by atoms with van der Waals surface area (Å²) in [5, 5.41) is 14.9. The quantitative estimate of drug-likeness (QED) is 0.778. The van der Waals surface area contributed by atoms with E-state index in [0.29, 0.717) is 17.3 Å². The van der Waals surface area contributed by atoms with Gasteiger partial charge in [0, 0.05) is 12.0 Å². The highest BCUT2D eigenvalue weighted by molar-refractivity contribution is 5.94. The number of hydrogen-bond acceptors (Lipinski definition) is 6. The van der Waals surface area contributed by atoms with Gasteiger partial charge in [0.05, 0.1) is 23.5 Å². The van der Waals surface area contributed by atoms with Crippen LogP contribution in [-0.2, 0) is 12.8 Å². The smallest absolute Gasteiger partial charge is 0.253 e. The number of carbonyl (C=O) groups excluding carboxylic acids is 1. The largest absolute Gasteiger partial charge is 0.345 e. The first-order valence-corrected chi connectivity index (χ1v) is 8.70. The Kier molecular flexibility index (Phi) is 4.20. The van der Waals surface area contributed by atoms with Crippen molar-refractivity contribution in [3.63, 3.8) is 0 Å². The molecule has 3 aromatic rings. The van der Waals surface area contributed by atoms with Crippen molar-refractivity contribution in [2.45, 2.75) is 39.2 Å². The first-order valence-electron chi connectivity index (χ1n) is 8.70. The molecule has 132 valence electrons. The van der Waals surface area contributed by atoms with Crippen molar-refractivity contribution in [2.24, 2.45) is 0 Å². The number of benzene rings is 1. The van der Waals surface area contributed by atoms with Gasteiger partial charge in [-0.05, 0) is 43.0 Å². The van der Waals surface area contributed by atoms with E-state index < -0.39 is 0 Å². The molecule has 0 aliphatic heterocycles. The van der Waals surface area contributed by atoms with Gasteiger partial charge in [0.1, 0.15) is 0 Å². The number of nitrogens with zero attached hydrogens (tertiary/aromatic N) is 4. The third-order valence-corrected chi connectivity index (χ3v) is 4.59. The zero-order chi connectivity index (χ0) is 18.1. The van der Waals surface area contributed by atoms with Crippen LogP contribution in [0.15, 0.2) is 35.0 Å². The number of carbonyl (C=O) groups is 1. The summed E-state index contributed by atoms with van der Waals surface area (Å²) >= 11 is 0. The Morgan fingerprint density at radius 2 is 2.23 bits per heavy atom. The van der Waals surface area contributed by atoms with Crippen molar-refractivity contribution in [1.29, 1.82) is 0 Å². The standard InChI is InChI=1S/C19H19N5O2/c1-3-17-22-18(24-26-17)13-4-6-15-12(9-13)5-7-16(15)21-19(25)14-8-11(2)23-20-10-14/h4,6,8-10,16H,3,5,7H2,1-2H3,(H,21,25). The summed E-state index contributed by atoms with van der Waals surface area (Å²) in [5.74, 6) is 1.11. The van der Waals surface area contributed by atoms with E-state index in [4.69, 9.17) is 4.52 Å². The second-order valence-electron chi connectivity index (χ2n) is 6.43. The van der Waals surface area contributed by atoms with Crippen LogP contribution in [-0.4, -0.2) is 26.2 Å². The van der Waals surface area contributed by atoms with E-state index in [1.807, 2.05) is 26.0 Å². The van der Waals surface area contributed by atoms with Crippen molar-refractivity contribution in [3.05, 3.63) is 58.7 Å². The molecule has 1 atom stereocenters. The van der Waals surface area contributed by atoms with E-state index >= 15 is 0 Å². The first kappa shape index (κ1) is 16.4. The number of aryl methyl sites for hydroxylation is 3. The van der Waals surface area contributed by atoms with Gasteiger partial charge in [-0.2, -0.15) is 15.2 Å². The Morgan fingerprint density at radius 3 is 3.00 bits per heavy atom. The lowest BCUT2D eigenvalue weighted by Crippen LogP contribution is -2.27. The van der Waals surface area contributed by atoms with Gasteiger partial charge in [-0.25, -0.2) is 0 Å². The van der Waals surface area contributed by atoms with Gasteiger partial charge < -0.3 is 9.84 Å². The number of nitrogens with one attached hydrogen (secondary N) is 1. The second-order valence-corrected chi connectivity index (χ2v) is 6.43. The summed E-state index contributed by atoms with van der Waals surface area (Å²) in [6, 6.07) is 7.84. The monoisotopic (exact) mass is 349 g/mol. The summed E-state index contributed by atoms with van der Waals surface area (Å²) in [6.07, 6.45) is 3.98. The van der Waals surface area contributed by atoms with Crippen molar-refractivity contribution in [3.8, 4) is 11.4 Å². The maximum absolute atomic E-state index is 12.5. The maximum Gasteiger partial charge on any atom is 0.253 e. The lowest BCUT2D eigenvalue weighted by Gasteiger charge is -2.14. The predicted octanol–water partition coefficient (Wildman–Crippen LogP) is 2.81. The minimum atomic E-state index is -0.129. The summed E-state index contributed by atoms with van der Waals surface area (Å²) in [4.78, 5) is 16.9. The van der Waals surface area contributed by atoms with E-state index in [-0.39, 0.29) is 11.9 Å². The zero-order valence-corrected chi connectivity index (χ0v) is 14.7. The van der Waals surface area contributed by atoms with Crippen LogP contribution in [0.4, 0.5) is 0 Å². The van der Waals surface area contributed by atoms with Crippen molar-refractivity contribution >= 4 is 5.91 Å². The number of hydrogen-bond donors (Lipinski definition) is 1. The molecule has 1 aliphatic carbocycles. The predicted molar refractivity (Wildman–Crippen MR) is 94.4 cm³/mol. The zero-order valence-electron chi connectivity index (χ0n) is 14.7. The average molecular weight is 349 g/mol. The molecule has 26 heavy (non-hydrogen) atoms. The van der Waals surface area contributed by atoms with Gasteiger partial charge in [-0.15, -0.1) is 0 Å². The lowest BCUT2D eigenvalue weighted by molar-refractivity contribution is 0.0936. The topological polar surface area (TPSA) is 93.8 Å². The number of aromatic nitrogens is 4. The lowest BCUT2D eigenvalue weighted by atomic mass is 10.0. The van der Waals surface area contributed by atoms with Crippen LogP contribution in [0.2, 0.25) is 0 Å². The molecule has 2 aromatic heterocycles. The molecule has 7 heteroatoms. The number of amides is 1. The summed E-state index contributed by atoms with van der Waals surface area (Å²) in [6.45, 7) is 3.80. The molecule has 7 nitrogen and oxygen atoms in total. The molecule has 0 bridgehead atoms. The van der Waals surface area contributed by atoms with Gasteiger partial charge >= 0.3 is 0 Å². The molecular weight excluding hydrogens is 330 g/mol. The van der Waals surface area contributed by atoms with Crippen LogP contribution in [0.25, 0.3) is 11.4 Å². The molecule has 0 spiro atoms. The Balaban J connectivity index is 1.53. The summed E-state index contributed by atoms with van der Waals surface area (Å²) in [7, 11) is 0. The van der Waals surface area contributed by atoms with Crippen molar-refractivity contribution in [1.82, 2.24) is 25.7 Å². The molecule has 1 aliphatic rings. The van der Waals surface area contributed by atoms with E-state index in [1.165, 1.54) is 11.8 Å². The fourth-order valence-electron chi connectivity index (χ4n) is 3.26. The summed E-state index contributed by atoms with van der Waals surface area (Å²) in [5.41, 5.74) is 4.54. The first-order chi connectivity index (χ1) is 12.6. The minimum absolute atomic E-state index is 0.00325. The second kappa shape index (κ2) is 6.67. The van der Waals surface area contributed by atoms with E-state index in [0.717, 1.165) is 36.1 Å². The molecule has 0 saturated heterocycles. The van der Waals surface area contributed by atoms with Crippen LogP contribution >= 0.6 is 0 Å². The molecule has 1 amide bonds. The highest BCUT2D eigenvalue weighted by Crippen LogP contribution is 2.33. The third kappa shape index (κ3) is 3.08. The molecule has 4 rings (SSSR count). The van der Waals surface area contributed by atoms with Crippen LogP contribution in [0.3, 0.4) is 0 Å². The van der Waals surface area contributed by atoms with Crippen LogP contribution < -0.4 is 5.32 Å². The molecule has 1 N–H and O–H groups in total. The fraction of sp³-hybridized carbons (Fsp3) is 0.316. The third-order valence-electron chi connectivity index (χ3n) is 4.59. The van der Waals surface area contributed by atoms with E-state index in [1.54, 1.807) is 6.07 Å². The molecule has 1 unspecified atom stereocenters. The van der Waals surface area contributed by atoms with Gasteiger partial charge in [-0.3, -0.25) is 4.79 Å². The minimum Gasteiger partial charge on any atom is -0.345 e. The molecular formula is C19H19N5O2. The number of rotatable bonds is 4. The normalized spacial score (nSPS) is 15.7. The molecule has 2 heterocycles. The highest BCUT2D eigenvalue weighted by atomic mass is 16.5. The Bertz CT molecular complexity index is 966. The van der Waals surface area contributed by atoms with E-state index in [9.17, 15) is 4.79 Å². The van der Waals surface area contributed by atoms with Crippen molar-refractivity contribution in [2.75, 3.05) is 0 Å². The average Bonchev–Trinajstić information content (AvgIpc) is 3.28. The van der Waals surface area contributed by atoms with Crippen LogP contribution in [0, 0.1) is 6.92 Å². The summed E-state index contributed by atoms with van der Waals surface area (Å²) < 4.78 is 5.19. The molecule has 0 saturated carbocycles. The van der Waals surface area contributed by atoms with Gasteiger partial charge in [0.15, 0.2) is 0 Å². The van der Waals surface area contributed by atoms with Crippen LogP contribution in [0.1, 0.15) is 52.5 Å². The van der Waals surface area contributed by atoms with Gasteiger partial charge in [-0.1, -0.05) is 24.2 Å². The maximum atomic E-state index is 12.5. The SMILES string of the molecule is CCc1nc(-c2ccc3c(c2)CCC3NC(=O)c2cnnc(C)c2)no1. The molecule has 1 aromatic carbocycles. The van der Waals surface area contributed by atoms with Crippen LogP contribution in [0.5, 0.6) is 0 Å². The van der Waals surface area contributed by atoms with Crippen molar-refractivity contribution < 1.29 is 9.32 Å².